The average Bonchev–Trinajstić information content (AvgIpc) is 3.89. The largest absolute Gasteiger partial charge is 0.495 e. The number of methoxy groups -OCH3 is 1. The number of thiazole rings is 1. The number of alkyl halides is 2. The van der Waals surface area contributed by atoms with E-state index < -0.39 is 59.0 Å². The number of amides is 4. The summed E-state index contributed by atoms with van der Waals surface area (Å²) in [7, 11) is 3.28. The highest BCUT2D eigenvalue weighted by Crippen LogP contribution is 2.43. The van der Waals surface area contributed by atoms with Gasteiger partial charge in [0.05, 0.1) is 41.6 Å². The highest BCUT2D eigenvalue weighted by Gasteiger charge is 2.55. The lowest BCUT2D eigenvalue weighted by Gasteiger charge is -2.38. The van der Waals surface area contributed by atoms with Gasteiger partial charge in [0, 0.05) is 37.0 Å². The summed E-state index contributed by atoms with van der Waals surface area (Å²) >= 11 is 9.19. The van der Waals surface area contributed by atoms with Crippen molar-refractivity contribution in [3.05, 3.63) is 76.0 Å². The topological polar surface area (TPSA) is 191 Å². The number of aromatic nitrogens is 3. The number of halogens is 3. The number of carbonyl (C=O) groups excluding carboxylic acids is 4. The number of likely N-dealkylation sites (tertiary alicyclic amines) is 2. The Bertz CT molecular complexity index is 2590. The van der Waals surface area contributed by atoms with E-state index in [-0.39, 0.29) is 25.3 Å². The Balaban J connectivity index is 0.784. The van der Waals surface area contributed by atoms with Gasteiger partial charge >= 0.3 is 0 Å². The van der Waals surface area contributed by atoms with Gasteiger partial charge < -0.3 is 40.9 Å². The second kappa shape index (κ2) is 23.6. The lowest BCUT2D eigenvalue weighted by atomic mass is 9.79. The number of ether oxygens (including phenoxy) is 1. The molecule has 2 aliphatic heterocycles. The molecule has 4 aromatic rings. The highest BCUT2D eigenvalue weighted by molar-refractivity contribution is 8.00. The number of carbonyl (C=O) groups is 4. The molecular weight excluding hydrogens is 996 g/mol. The van der Waals surface area contributed by atoms with Crippen molar-refractivity contribution >= 4 is 75.8 Å². The van der Waals surface area contributed by atoms with E-state index in [0.29, 0.717) is 70.4 Å². The maximum atomic E-state index is 15.7. The van der Waals surface area contributed by atoms with E-state index in [1.807, 2.05) is 49.9 Å². The van der Waals surface area contributed by atoms with E-state index >= 15 is 8.78 Å². The Morgan fingerprint density at radius 3 is 2.33 bits per heavy atom. The molecule has 0 bridgehead atoms. The van der Waals surface area contributed by atoms with Crippen LogP contribution >= 0.6 is 34.7 Å². The number of β-amino-alcohol motifs (C(OH)–C–C–N with tert-alkyl or cyclic N) is 1. The van der Waals surface area contributed by atoms with E-state index in [4.69, 9.17) is 16.3 Å². The molecule has 2 saturated heterocycles. The van der Waals surface area contributed by atoms with Crippen LogP contribution in [-0.2, 0) is 20.9 Å². The maximum absolute atomic E-state index is 15.7. The van der Waals surface area contributed by atoms with Crippen molar-refractivity contribution in [2.45, 2.75) is 133 Å². The second-order valence-electron chi connectivity index (χ2n) is 20.6. The second-order valence-corrected chi connectivity index (χ2v) is 23.6. The molecule has 20 heteroatoms. The van der Waals surface area contributed by atoms with E-state index in [9.17, 15) is 24.3 Å². The molecule has 2 aromatic carbocycles. The summed E-state index contributed by atoms with van der Waals surface area (Å²) in [5, 5.41) is 22.6. The number of piperidine rings is 1. The van der Waals surface area contributed by atoms with Crippen LogP contribution in [0, 0.1) is 24.7 Å². The van der Waals surface area contributed by atoms with Crippen LogP contribution in [0.4, 0.5) is 26.2 Å². The molecule has 4 heterocycles. The van der Waals surface area contributed by atoms with Crippen LogP contribution in [0.2, 0.25) is 5.02 Å². The molecule has 2 aliphatic carbocycles. The summed E-state index contributed by atoms with van der Waals surface area (Å²) < 4.78 is 35.6. The van der Waals surface area contributed by atoms with Crippen molar-refractivity contribution in [1.82, 2.24) is 35.4 Å². The third-order valence-corrected chi connectivity index (χ3v) is 18.0. The number of nitrogens with zero attached hydrogens (tertiary/aromatic N) is 5. The fraction of sp³-hybridized carbons (Fsp3) is 0.566. The Morgan fingerprint density at radius 2 is 1.68 bits per heavy atom. The minimum Gasteiger partial charge on any atom is -0.495 e. The number of benzene rings is 2. The van der Waals surface area contributed by atoms with Crippen LogP contribution in [0.15, 0.2) is 54.2 Å². The van der Waals surface area contributed by atoms with Gasteiger partial charge in [-0.15, -0.1) is 11.3 Å². The molecular formula is C53H68ClF2N9O6S2. The van der Waals surface area contributed by atoms with Crippen molar-refractivity contribution < 1.29 is 37.8 Å². The zero-order chi connectivity index (χ0) is 52.0. The summed E-state index contributed by atoms with van der Waals surface area (Å²) in [5.74, 6) is 1.21. The number of nitrogens with one attached hydrogen (secondary N) is 4. The Labute approximate surface area is 439 Å². The van der Waals surface area contributed by atoms with Gasteiger partial charge in [-0.05, 0) is 112 Å². The molecule has 4 aliphatic rings. The van der Waals surface area contributed by atoms with Crippen LogP contribution in [0.5, 0.6) is 5.75 Å². The smallest absolute Gasteiger partial charge is 0.258 e. The number of aliphatic hydroxyl groups excluding tert-OH is 1. The van der Waals surface area contributed by atoms with Gasteiger partial charge in [0.2, 0.25) is 17.8 Å². The van der Waals surface area contributed by atoms with Gasteiger partial charge in [-0.3, -0.25) is 19.2 Å². The normalized spacial score (nSPS) is 22.3. The maximum Gasteiger partial charge on any atom is 0.258 e. The number of thioether (sulfide) groups is 1. The number of hydrogen-bond acceptors (Lipinski definition) is 13. The summed E-state index contributed by atoms with van der Waals surface area (Å²) in [6.45, 7) is 6.62. The standard InChI is InChI=1S/C53H68ClF2N9O6S2/c1-31-44(72-30-60-31)36-15-13-34(14-16-36)26-58-47(67)43-42(55)40(66)28-65(43)49(69)45(62-50(70)53(56)21-22-53)52(2,3)73-29-35-11-9-32(10-12-35)7-6-8-33-19-23-64(24-20-33)48(68)37-17-18-39(41(25-37)71-5)61-51-59-27-38(54)46(57-4)63-51/h13-18,25,27,30,32-33,35,40,42-43,45,66H,6-12,19-24,26,28-29H2,1-5H3,(H,58,67)(H,62,70)(H2,57,59,61,63)/t32-,35-,40-,42-,43?,45+/m0/s1. The van der Waals surface area contributed by atoms with Crippen LogP contribution in [-0.4, -0.2) is 128 Å². The van der Waals surface area contributed by atoms with Crippen molar-refractivity contribution in [2.24, 2.45) is 17.8 Å². The molecule has 8 rings (SSSR count). The molecule has 15 nitrogen and oxygen atoms in total. The van der Waals surface area contributed by atoms with Gasteiger partial charge in [-0.2, -0.15) is 16.7 Å². The van der Waals surface area contributed by atoms with Crippen molar-refractivity contribution in [3.8, 4) is 16.2 Å². The number of anilines is 3. The molecule has 1 unspecified atom stereocenters. The summed E-state index contributed by atoms with van der Waals surface area (Å²) in [5.41, 5.74) is 3.55. The van der Waals surface area contributed by atoms with Crippen molar-refractivity contribution in [1.29, 1.82) is 0 Å². The van der Waals surface area contributed by atoms with Gasteiger partial charge in [-0.1, -0.05) is 68.0 Å². The SMILES string of the molecule is CNc1nc(Nc2ccc(C(=O)N3CCC(CCC[C@H]4CC[C@H](CSC(C)(C)[C@H](NC(=O)C5(F)CC5)C(=O)N5C[C@H](O)[C@H](F)C5C(=O)NCc5ccc(-c6scnc6C)cc5)CC4)CC3)cc2OC)ncc1Cl. The highest BCUT2D eigenvalue weighted by atomic mass is 35.5. The van der Waals surface area contributed by atoms with Gasteiger partial charge in [0.15, 0.2) is 11.8 Å². The Kier molecular flexibility index (Phi) is 17.5. The van der Waals surface area contributed by atoms with Gasteiger partial charge in [0.1, 0.15) is 34.8 Å². The zero-order valence-corrected chi connectivity index (χ0v) is 44.6. The molecule has 4 atom stereocenters. The van der Waals surface area contributed by atoms with Crippen LogP contribution < -0.4 is 26.0 Å². The zero-order valence-electron chi connectivity index (χ0n) is 42.2. The first kappa shape index (κ1) is 54.2. The summed E-state index contributed by atoms with van der Waals surface area (Å²) in [6, 6.07) is 9.97. The lowest BCUT2D eigenvalue weighted by Crippen LogP contribution is -2.61. The molecule has 5 N–H and O–H groups in total. The number of aryl methyl sites for hydroxylation is 1. The van der Waals surface area contributed by atoms with Crippen LogP contribution in [0.25, 0.3) is 10.4 Å². The monoisotopic (exact) mass is 1060 g/mol. The fourth-order valence-corrected chi connectivity index (χ4v) is 12.6. The van der Waals surface area contributed by atoms with Crippen LogP contribution in [0.3, 0.4) is 0 Å². The number of rotatable bonds is 20. The Hall–Kier alpha value is -5.11. The first-order chi connectivity index (χ1) is 35.0. The number of hydrogen-bond donors (Lipinski definition) is 5. The quantitative estimate of drug-likeness (QED) is 0.0566. The van der Waals surface area contributed by atoms with Crippen molar-refractivity contribution in [3.63, 3.8) is 0 Å². The minimum absolute atomic E-state index is 0.0213. The Morgan fingerprint density at radius 1 is 1.00 bits per heavy atom. The van der Waals surface area contributed by atoms with E-state index in [0.717, 1.165) is 84.4 Å². The molecule has 4 amide bonds. The average molecular weight is 1060 g/mol. The third kappa shape index (κ3) is 13.1. The molecule has 0 radical (unpaired) electrons. The fourth-order valence-electron chi connectivity index (χ4n) is 10.3. The summed E-state index contributed by atoms with van der Waals surface area (Å²) in [6.07, 6.45) is 7.54. The predicted molar refractivity (Wildman–Crippen MR) is 283 cm³/mol. The predicted octanol–water partition coefficient (Wildman–Crippen LogP) is 8.91. The number of aliphatic hydroxyl groups is 1. The minimum atomic E-state index is -2.07. The molecule has 394 valence electrons. The van der Waals surface area contributed by atoms with E-state index in [2.05, 4.69) is 36.2 Å². The van der Waals surface area contributed by atoms with Crippen molar-refractivity contribution in [2.75, 3.05) is 50.2 Å². The first-order valence-electron chi connectivity index (χ1n) is 25.4. The van der Waals surface area contributed by atoms with Gasteiger partial charge in [0.25, 0.3) is 11.8 Å². The van der Waals surface area contributed by atoms with Gasteiger partial charge in [-0.25, -0.2) is 18.7 Å². The summed E-state index contributed by atoms with van der Waals surface area (Å²) in [4.78, 5) is 71.9. The molecule has 0 spiro atoms. The third-order valence-electron chi connectivity index (χ3n) is 15.1. The molecule has 73 heavy (non-hydrogen) atoms. The first-order valence-corrected chi connectivity index (χ1v) is 27.7. The molecule has 2 saturated carbocycles. The van der Waals surface area contributed by atoms with E-state index in [1.54, 1.807) is 37.9 Å². The van der Waals surface area contributed by atoms with Crippen LogP contribution in [0.1, 0.15) is 106 Å². The lowest BCUT2D eigenvalue weighted by molar-refractivity contribution is -0.143. The van der Waals surface area contributed by atoms with E-state index in [1.165, 1.54) is 29.3 Å². The molecule has 4 fully saturated rings. The molecule has 2 aromatic heterocycles.